The Labute approximate surface area is 201 Å². The molecule has 1 N–H and O–H groups in total. The number of halogens is 1. The van der Waals surface area contributed by atoms with Crippen LogP contribution in [0.25, 0.3) is 0 Å². The summed E-state index contributed by atoms with van der Waals surface area (Å²) in [6.45, 7) is 3.97. The molecule has 0 aliphatic rings. The Hall–Kier alpha value is -2.83. The molecule has 0 aromatic heterocycles. The van der Waals surface area contributed by atoms with Gasteiger partial charge in [0, 0.05) is 11.6 Å². The molecule has 1 amide bonds. The smallest absolute Gasteiger partial charge is 0.264 e. The van der Waals surface area contributed by atoms with Crippen molar-refractivity contribution < 1.29 is 13.2 Å². The topological polar surface area (TPSA) is 66.5 Å². The zero-order valence-corrected chi connectivity index (χ0v) is 20.4. The van der Waals surface area contributed by atoms with Crippen LogP contribution in [0.2, 0.25) is 5.02 Å². The normalized spacial score (nSPS) is 12.2. The van der Waals surface area contributed by atoms with Crippen LogP contribution in [0.15, 0.2) is 83.8 Å². The summed E-state index contributed by atoms with van der Waals surface area (Å²) in [6, 6.07) is 23.3. The Kier molecular flexibility index (Phi) is 8.53. The van der Waals surface area contributed by atoms with Gasteiger partial charge in [-0.05, 0) is 54.7 Å². The summed E-state index contributed by atoms with van der Waals surface area (Å²) < 4.78 is 28.1. The highest BCUT2D eigenvalue weighted by Crippen LogP contribution is 2.30. The number of carbonyl (C=O) groups excluding carboxylic acids is 1. The van der Waals surface area contributed by atoms with E-state index in [2.05, 4.69) is 24.4 Å². The zero-order valence-electron chi connectivity index (χ0n) is 18.9. The van der Waals surface area contributed by atoms with Gasteiger partial charge in [-0.1, -0.05) is 79.5 Å². The van der Waals surface area contributed by atoms with Gasteiger partial charge in [-0.25, -0.2) is 8.42 Å². The maximum Gasteiger partial charge on any atom is 0.264 e. The first-order valence-corrected chi connectivity index (χ1v) is 12.8. The van der Waals surface area contributed by atoms with Crippen LogP contribution >= 0.6 is 11.6 Å². The number of carbonyl (C=O) groups is 1. The van der Waals surface area contributed by atoms with Gasteiger partial charge in [0.05, 0.1) is 10.6 Å². The maximum absolute atomic E-state index is 13.5. The van der Waals surface area contributed by atoms with Crippen molar-refractivity contribution in [2.45, 2.75) is 31.6 Å². The molecule has 1 atom stereocenters. The Morgan fingerprint density at radius 2 is 1.61 bits per heavy atom. The summed E-state index contributed by atoms with van der Waals surface area (Å²) in [4.78, 5) is 13.0. The van der Waals surface area contributed by atoms with E-state index < -0.39 is 10.0 Å². The van der Waals surface area contributed by atoms with E-state index in [9.17, 15) is 13.2 Å². The second-order valence-electron chi connectivity index (χ2n) is 7.98. The summed E-state index contributed by atoms with van der Waals surface area (Å²) in [5.41, 5.74) is 2.20. The van der Waals surface area contributed by atoms with Crippen molar-refractivity contribution >= 4 is 33.2 Å². The molecule has 0 heterocycles. The van der Waals surface area contributed by atoms with Crippen LogP contribution in [0, 0.1) is 12.8 Å². The van der Waals surface area contributed by atoms with Crippen LogP contribution in [0.5, 0.6) is 0 Å². The van der Waals surface area contributed by atoms with E-state index in [1.54, 1.807) is 43.3 Å². The number of amides is 1. The van der Waals surface area contributed by atoms with Crippen LogP contribution in [0.3, 0.4) is 0 Å². The molecule has 7 heteroatoms. The summed E-state index contributed by atoms with van der Waals surface area (Å²) in [6.07, 6.45) is 1.74. The van der Waals surface area contributed by atoms with Crippen molar-refractivity contribution in [1.29, 1.82) is 0 Å². The molecule has 5 nitrogen and oxygen atoms in total. The number of hydrogen-bond donors (Lipinski definition) is 1. The minimum Gasteiger partial charge on any atom is -0.354 e. The molecule has 0 aliphatic heterocycles. The van der Waals surface area contributed by atoms with Gasteiger partial charge in [0.15, 0.2) is 0 Å². The molecule has 0 saturated heterocycles. The number of sulfonamides is 1. The Morgan fingerprint density at radius 1 is 0.970 bits per heavy atom. The van der Waals surface area contributed by atoms with E-state index in [1.165, 1.54) is 17.7 Å². The highest BCUT2D eigenvalue weighted by Gasteiger charge is 2.28. The first kappa shape index (κ1) is 24.8. The van der Waals surface area contributed by atoms with Gasteiger partial charge in [0.2, 0.25) is 5.91 Å². The molecule has 0 aliphatic carbocycles. The predicted molar refractivity (Wildman–Crippen MR) is 134 cm³/mol. The van der Waals surface area contributed by atoms with Crippen LogP contribution < -0.4 is 9.62 Å². The van der Waals surface area contributed by atoms with Crippen molar-refractivity contribution in [1.82, 2.24) is 5.32 Å². The molecule has 3 aromatic rings. The molecular weight excluding hydrogens is 456 g/mol. The highest BCUT2D eigenvalue weighted by atomic mass is 35.5. The fourth-order valence-electron chi connectivity index (χ4n) is 3.64. The summed E-state index contributed by atoms with van der Waals surface area (Å²) in [5, 5.41) is 3.37. The minimum atomic E-state index is -3.97. The van der Waals surface area contributed by atoms with E-state index in [1.807, 2.05) is 18.2 Å². The van der Waals surface area contributed by atoms with E-state index >= 15 is 0 Å². The molecule has 0 bridgehead atoms. The van der Waals surface area contributed by atoms with E-state index in [4.69, 9.17) is 11.6 Å². The van der Waals surface area contributed by atoms with Crippen LogP contribution in [0.4, 0.5) is 5.69 Å². The van der Waals surface area contributed by atoms with Gasteiger partial charge >= 0.3 is 0 Å². The summed E-state index contributed by atoms with van der Waals surface area (Å²) in [5.74, 6) is -0.108. The van der Waals surface area contributed by atoms with E-state index in [0.29, 0.717) is 22.8 Å². The molecule has 0 radical (unpaired) electrons. The number of nitrogens with one attached hydrogen (secondary N) is 1. The van der Waals surface area contributed by atoms with Gasteiger partial charge in [-0.3, -0.25) is 9.10 Å². The molecule has 0 spiro atoms. The lowest BCUT2D eigenvalue weighted by Crippen LogP contribution is -2.42. The fraction of sp³-hybridized carbons (Fsp3) is 0.269. The average molecular weight is 485 g/mol. The number of hydrogen-bond acceptors (Lipinski definition) is 3. The molecule has 1 unspecified atom stereocenters. The highest BCUT2D eigenvalue weighted by molar-refractivity contribution is 7.92. The quantitative estimate of drug-likeness (QED) is 0.428. The predicted octanol–water partition coefficient (Wildman–Crippen LogP) is 5.23. The van der Waals surface area contributed by atoms with Crippen molar-refractivity contribution in [3.8, 4) is 0 Å². The largest absolute Gasteiger partial charge is 0.354 e. The monoisotopic (exact) mass is 484 g/mol. The molecule has 0 fully saturated rings. The Bertz CT molecular complexity index is 1170. The van der Waals surface area contributed by atoms with Crippen molar-refractivity contribution in [3.63, 3.8) is 0 Å². The summed E-state index contributed by atoms with van der Waals surface area (Å²) in [7, 11) is -3.97. The van der Waals surface area contributed by atoms with Gasteiger partial charge < -0.3 is 5.32 Å². The van der Waals surface area contributed by atoms with Crippen LogP contribution in [-0.4, -0.2) is 27.4 Å². The van der Waals surface area contributed by atoms with Gasteiger partial charge in [-0.2, -0.15) is 0 Å². The Morgan fingerprint density at radius 3 is 2.24 bits per heavy atom. The van der Waals surface area contributed by atoms with E-state index in [0.717, 1.165) is 17.1 Å². The van der Waals surface area contributed by atoms with Gasteiger partial charge in [0.25, 0.3) is 10.0 Å². The molecule has 3 rings (SSSR count). The van der Waals surface area contributed by atoms with Crippen molar-refractivity contribution in [2.24, 2.45) is 5.92 Å². The molecule has 3 aromatic carbocycles. The standard InChI is InChI=1S/C26H29ClN2O3S/c1-3-21(17-22-11-6-4-7-12-22)18-28-26(30)19-29(25-16-10-15-24(27)20(25)2)33(31,32)23-13-8-5-9-14-23/h4-16,21H,3,17-19H2,1-2H3,(H,28,30). The summed E-state index contributed by atoms with van der Waals surface area (Å²) >= 11 is 6.27. The first-order chi connectivity index (χ1) is 15.8. The average Bonchev–Trinajstić information content (AvgIpc) is 2.83. The van der Waals surface area contributed by atoms with Gasteiger partial charge in [0.1, 0.15) is 6.54 Å². The second-order valence-corrected chi connectivity index (χ2v) is 10.2. The van der Waals surface area contributed by atoms with Gasteiger partial charge in [-0.15, -0.1) is 0 Å². The van der Waals surface area contributed by atoms with Crippen molar-refractivity contribution in [2.75, 3.05) is 17.4 Å². The lowest BCUT2D eigenvalue weighted by atomic mass is 9.97. The SMILES string of the molecule is CCC(CNC(=O)CN(c1cccc(Cl)c1C)S(=O)(=O)c1ccccc1)Cc1ccccc1. The third-order valence-corrected chi connectivity index (χ3v) is 7.84. The number of benzene rings is 3. The lowest BCUT2D eigenvalue weighted by molar-refractivity contribution is -0.119. The third-order valence-electron chi connectivity index (χ3n) is 5.66. The van der Waals surface area contributed by atoms with Crippen LogP contribution in [-0.2, 0) is 21.2 Å². The lowest BCUT2D eigenvalue weighted by Gasteiger charge is -2.26. The van der Waals surface area contributed by atoms with Crippen LogP contribution in [0.1, 0.15) is 24.5 Å². The number of rotatable bonds is 10. The van der Waals surface area contributed by atoms with Crippen molar-refractivity contribution in [3.05, 3.63) is 95.0 Å². The first-order valence-electron chi connectivity index (χ1n) is 11.0. The molecule has 174 valence electrons. The zero-order chi connectivity index (χ0) is 23.8. The minimum absolute atomic E-state index is 0.118. The van der Waals surface area contributed by atoms with E-state index in [-0.39, 0.29) is 23.3 Å². The molecule has 33 heavy (non-hydrogen) atoms. The fourth-order valence-corrected chi connectivity index (χ4v) is 5.31. The second kappa shape index (κ2) is 11.3. The third kappa shape index (κ3) is 6.36. The number of nitrogens with zero attached hydrogens (tertiary/aromatic N) is 1. The maximum atomic E-state index is 13.5. The number of anilines is 1. The Balaban J connectivity index is 1.80. The molecular formula is C26H29ClN2O3S. The molecule has 0 saturated carbocycles.